The maximum Gasteiger partial charge on any atom is 0.226 e. The molecule has 0 spiro atoms. The number of ether oxygens (including phenoxy) is 1. The standard InChI is InChI=1S/C18H24N4O/c1-12-16-7-6-15(23-3)10-17(16)20-18(19-12)22-9-8-13-4-5-14(11-22)21(13)2/h6-7,10,13-14H,4-5,8-9,11H2,1-3H3/t13-,14+/m0/s1. The first-order valence-electron chi connectivity index (χ1n) is 8.45. The average Bonchev–Trinajstić information content (AvgIpc) is 2.79. The predicted molar refractivity (Wildman–Crippen MR) is 92.2 cm³/mol. The van der Waals surface area contributed by atoms with Gasteiger partial charge in [-0.15, -0.1) is 0 Å². The van der Waals surface area contributed by atoms with Crippen LogP contribution in [0.3, 0.4) is 0 Å². The molecule has 2 atom stereocenters. The number of nitrogens with zero attached hydrogens (tertiary/aromatic N) is 4. The van der Waals surface area contributed by atoms with Crippen molar-refractivity contribution in [2.45, 2.75) is 38.3 Å². The van der Waals surface area contributed by atoms with Gasteiger partial charge in [0.2, 0.25) is 5.95 Å². The topological polar surface area (TPSA) is 41.5 Å². The van der Waals surface area contributed by atoms with E-state index in [0.29, 0.717) is 6.04 Å². The van der Waals surface area contributed by atoms with Crippen LogP contribution in [-0.4, -0.2) is 54.2 Å². The van der Waals surface area contributed by atoms with Crippen LogP contribution in [-0.2, 0) is 0 Å². The summed E-state index contributed by atoms with van der Waals surface area (Å²) in [6.07, 6.45) is 3.83. The van der Waals surface area contributed by atoms with Crippen molar-refractivity contribution >= 4 is 16.9 Å². The normalized spacial score (nSPS) is 24.9. The summed E-state index contributed by atoms with van der Waals surface area (Å²) in [6, 6.07) is 7.38. The SMILES string of the molecule is COc1ccc2c(C)nc(N3CC[C@@H]4CC[C@H](C3)N4C)nc2c1. The molecule has 2 saturated heterocycles. The number of likely N-dealkylation sites (N-methyl/N-ethyl adjacent to an activating group) is 1. The van der Waals surface area contributed by atoms with E-state index in [1.807, 2.05) is 18.2 Å². The fourth-order valence-electron chi connectivity index (χ4n) is 4.01. The highest BCUT2D eigenvalue weighted by atomic mass is 16.5. The minimum absolute atomic E-state index is 0.632. The quantitative estimate of drug-likeness (QED) is 0.852. The summed E-state index contributed by atoms with van der Waals surface area (Å²) in [5.74, 6) is 1.71. The van der Waals surface area contributed by atoms with Gasteiger partial charge in [-0.3, -0.25) is 4.90 Å². The summed E-state index contributed by atoms with van der Waals surface area (Å²) in [5.41, 5.74) is 2.00. The van der Waals surface area contributed by atoms with Gasteiger partial charge >= 0.3 is 0 Å². The van der Waals surface area contributed by atoms with E-state index >= 15 is 0 Å². The Bertz CT molecular complexity index is 732. The molecular weight excluding hydrogens is 288 g/mol. The third-order valence-corrected chi connectivity index (χ3v) is 5.51. The van der Waals surface area contributed by atoms with Gasteiger partial charge in [-0.1, -0.05) is 0 Å². The summed E-state index contributed by atoms with van der Waals surface area (Å²) in [7, 11) is 3.96. The molecule has 2 aromatic rings. The van der Waals surface area contributed by atoms with Crippen LogP contribution in [0.1, 0.15) is 25.0 Å². The van der Waals surface area contributed by atoms with Gasteiger partial charge in [-0.25, -0.2) is 9.97 Å². The van der Waals surface area contributed by atoms with E-state index in [-0.39, 0.29) is 0 Å². The first kappa shape index (κ1) is 14.7. The molecule has 0 amide bonds. The third kappa shape index (κ3) is 2.53. The van der Waals surface area contributed by atoms with Crippen molar-refractivity contribution in [1.29, 1.82) is 0 Å². The summed E-state index contributed by atoms with van der Waals surface area (Å²) >= 11 is 0. The van der Waals surface area contributed by atoms with E-state index < -0.39 is 0 Å². The maximum atomic E-state index is 5.34. The Kier molecular flexibility index (Phi) is 3.60. The second kappa shape index (κ2) is 5.64. The van der Waals surface area contributed by atoms with Gasteiger partial charge in [-0.2, -0.15) is 0 Å². The molecule has 2 aliphatic rings. The Hall–Kier alpha value is -1.88. The van der Waals surface area contributed by atoms with Crippen LogP contribution in [0.15, 0.2) is 18.2 Å². The van der Waals surface area contributed by atoms with E-state index in [0.717, 1.165) is 47.4 Å². The summed E-state index contributed by atoms with van der Waals surface area (Å²) in [6.45, 7) is 4.14. The lowest BCUT2D eigenvalue weighted by atomic mass is 10.1. The number of fused-ring (bicyclic) bond motifs is 3. The smallest absolute Gasteiger partial charge is 0.226 e. The van der Waals surface area contributed by atoms with Crippen molar-refractivity contribution in [2.24, 2.45) is 0 Å². The second-order valence-corrected chi connectivity index (χ2v) is 6.78. The fourth-order valence-corrected chi connectivity index (χ4v) is 4.01. The van der Waals surface area contributed by atoms with Gasteiger partial charge in [-0.05, 0) is 45.4 Å². The van der Waals surface area contributed by atoms with E-state index in [4.69, 9.17) is 14.7 Å². The molecule has 2 bridgehead atoms. The number of rotatable bonds is 2. The van der Waals surface area contributed by atoms with Crippen LogP contribution in [0.2, 0.25) is 0 Å². The largest absolute Gasteiger partial charge is 0.497 e. The Morgan fingerprint density at radius 3 is 2.78 bits per heavy atom. The summed E-state index contributed by atoms with van der Waals surface area (Å²) in [4.78, 5) is 14.5. The lowest BCUT2D eigenvalue weighted by Gasteiger charge is -2.26. The van der Waals surface area contributed by atoms with Gasteiger partial charge in [0.05, 0.1) is 18.3 Å². The van der Waals surface area contributed by atoms with Crippen LogP contribution in [0.4, 0.5) is 5.95 Å². The molecule has 23 heavy (non-hydrogen) atoms. The highest BCUT2D eigenvalue weighted by molar-refractivity contribution is 5.83. The average molecular weight is 312 g/mol. The fraction of sp³-hybridized carbons (Fsp3) is 0.556. The number of benzene rings is 1. The van der Waals surface area contributed by atoms with Crippen molar-refractivity contribution in [3.05, 3.63) is 23.9 Å². The number of aryl methyl sites for hydroxylation is 1. The van der Waals surface area contributed by atoms with Gasteiger partial charge in [0.1, 0.15) is 5.75 Å². The Labute approximate surface area is 137 Å². The summed E-state index contributed by atoms with van der Waals surface area (Å²) in [5, 5.41) is 1.10. The molecule has 0 saturated carbocycles. The van der Waals surface area contributed by atoms with Gasteiger partial charge in [0, 0.05) is 36.6 Å². The molecule has 2 fully saturated rings. The Morgan fingerprint density at radius 1 is 1.13 bits per heavy atom. The van der Waals surface area contributed by atoms with Crippen LogP contribution in [0, 0.1) is 6.92 Å². The lowest BCUT2D eigenvalue weighted by Crippen LogP contribution is -2.37. The van der Waals surface area contributed by atoms with E-state index in [1.54, 1.807) is 7.11 Å². The molecule has 1 aromatic heterocycles. The molecule has 2 aliphatic heterocycles. The van der Waals surface area contributed by atoms with Gasteiger partial charge < -0.3 is 9.64 Å². The second-order valence-electron chi connectivity index (χ2n) is 6.78. The van der Waals surface area contributed by atoms with Gasteiger partial charge in [0.25, 0.3) is 0 Å². The minimum Gasteiger partial charge on any atom is -0.497 e. The maximum absolute atomic E-state index is 5.34. The molecule has 1 aromatic carbocycles. The predicted octanol–water partition coefficient (Wildman–Crippen LogP) is 2.62. The molecule has 122 valence electrons. The first-order valence-corrected chi connectivity index (χ1v) is 8.45. The van der Waals surface area contributed by atoms with Crippen LogP contribution in [0.25, 0.3) is 10.9 Å². The molecule has 0 N–H and O–H groups in total. The number of hydrogen-bond acceptors (Lipinski definition) is 5. The number of hydrogen-bond donors (Lipinski definition) is 0. The minimum atomic E-state index is 0.632. The Balaban J connectivity index is 1.71. The van der Waals surface area contributed by atoms with Crippen molar-refractivity contribution < 1.29 is 4.74 Å². The summed E-state index contributed by atoms with van der Waals surface area (Å²) < 4.78 is 5.34. The van der Waals surface area contributed by atoms with Crippen LogP contribution in [0.5, 0.6) is 5.75 Å². The molecule has 5 nitrogen and oxygen atoms in total. The molecule has 3 heterocycles. The zero-order valence-corrected chi connectivity index (χ0v) is 14.1. The molecule has 0 radical (unpaired) electrons. The highest BCUT2D eigenvalue weighted by Crippen LogP contribution is 2.31. The third-order valence-electron chi connectivity index (χ3n) is 5.51. The number of methoxy groups -OCH3 is 1. The zero-order chi connectivity index (χ0) is 16.0. The van der Waals surface area contributed by atoms with E-state index in [2.05, 4.69) is 23.8 Å². The van der Waals surface area contributed by atoms with Crippen LogP contribution >= 0.6 is 0 Å². The highest BCUT2D eigenvalue weighted by Gasteiger charge is 2.35. The Morgan fingerprint density at radius 2 is 1.96 bits per heavy atom. The molecule has 5 heteroatoms. The molecular formula is C18H24N4O. The molecule has 0 aliphatic carbocycles. The molecule has 0 unspecified atom stereocenters. The van der Waals surface area contributed by atoms with Crippen molar-refractivity contribution in [2.75, 3.05) is 32.1 Å². The van der Waals surface area contributed by atoms with Crippen molar-refractivity contribution in [3.8, 4) is 5.75 Å². The van der Waals surface area contributed by atoms with Crippen molar-refractivity contribution in [1.82, 2.24) is 14.9 Å². The van der Waals surface area contributed by atoms with E-state index in [9.17, 15) is 0 Å². The van der Waals surface area contributed by atoms with Crippen molar-refractivity contribution in [3.63, 3.8) is 0 Å². The number of aromatic nitrogens is 2. The zero-order valence-electron chi connectivity index (χ0n) is 14.1. The molecule has 4 rings (SSSR count). The van der Waals surface area contributed by atoms with Crippen LogP contribution < -0.4 is 9.64 Å². The lowest BCUT2D eigenvalue weighted by molar-refractivity contribution is 0.254. The number of anilines is 1. The first-order chi connectivity index (χ1) is 11.2. The monoisotopic (exact) mass is 312 g/mol. The van der Waals surface area contributed by atoms with E-state index in [1.165, 1.54) is 19.3 Å². The van der Waals surface area contributed by atoms with Gasteiger partial charge in [0.15, 0.2) is 0 Å².